The molecule has 24 heavy (non-hydrogen) atoms. The van der Waals surface area contributed by atoms with Crippen LogP contribution in [-0.2, 0) is 16.4 Å². The smallest absolute Gasteiger partial charge is 0.241 e. The minimum atomic E-state index is -3.60. The van der Waals surface area contributed by atoms with Crippen molar-refractivity contribution in [3.8, 4) is 5.75 Å². The Hall–Kier alpha value is -1.85. The third kappa shape index (κ3) is 4.36. The van der Waals surface area contributed by atoms with Gasteiger partial charge in [0.1, 0.15) is 5.75 Å². The molecule has 5 heteroatoms. The van der Waals surface area contributed by atoms with Crippen LogP contribution in [0.2, 0.25) is 0 Å². The number of aryl methyl sites for hydroxylation is 2. The number of para-hydroxylation sites is 1. The highest BCUT2D eigenvalue weighted by Crippen LogP contribution is 2.25. The predicted molar refractivity (Wildman–Crippen MR) is 97.0 cm³/mol. The maximum absolute atomic E-state index is 12.8. The summed E-state index contributed by atoms with van der Waals surface area (Å²) in [5.74, 6) is 0.760. The first-order chi connectivity index (χ1) is 11.1. The Balaban J connectivity index is 2.27. The highest BCUT2D eigenvalue weighted by atomic mass is 32.2. The summed E-state index contributed by atoms with van der Waals surface area (Å²) in [7, 11) is -1.98. The molecule has 0 atom stereocenters. The molecule has 0 spiro atoms. The summed E-state index contributed by atoms with van der Waals surface area (Å²) >= 11 is 0. The number of benzene rings is 2. The highest BCUT2D eigenvalue weighted by Gasteiger charge is 2.28. The van der Waals surface area contributed by atoms with E-state index in [1.807, 2.05) is 64.1 Å². The molecule has 0 heterocycles. The molecular weight excluding hydrogens is 322 g/mol. The second-order valence-corrected chi connectivity index (χ2v) is 8.40. The lowest BCUT2D eigenvalue weighted by Gasteiger charge is -2.27. The summed E-state index contributed by atoms with van der Waals surface area (Å²) in [6.45, 7) is 7.51. The van der Waals surface area contributed by atoms with Gasteiger partial charge in [-0.3, -0.25) is 0 Å². The zero-order chi connectivity index (χ0) is 18.0. The molecule has 0 saturated carbocycles. The van der Waals surface area contributed by atoms with Crippen LogP contribution in [0.15, 0.2) is 47.4 Å². The summed E-state index contributed by atoms with van der Waals surface area (Å²) in [4.78, 5) is 0.321. The van der Waals surface area contributed by atoms with Gasteiger partial charge in [-0.15, -0.1) is 0 Å². The maximum atomic E-state index is 12.8. The standard InChI is InChI=1S/C19H25NO3S/c1-14-10-11-18(15(2)12-14)24(21,22)20-19(3,4)13-16-8-6-7-9-17(16)23-5/h6-12,20H,13H2,1-5H3. The van der Waals surface area contributed by atoms with Crippen molar-refractivity contribution in [3.63, 3.8) is 0 Å². The first-order valence-corrected chi connectivity index (χ1v) is 9.36. The van der Waals surface area contributed by atoms with E-state index in [0.29, 0.717) is 11.3 Å². The van der Waals surface area contributed by atoms with Gasteiger partial charge in [-0.05, 0) is 57.4 Å². The van der Waals surface area contributed by atoms with Gasteiger partial charge >= 0.3 is 0 Å². The molecule has 0 aliphatic carbocycles. The first-order valence-electron chi connectivity index (χ1n) is 7.88. The highest BCUT2D eigenvalue weighted by molar-refractivity contribution is 7.89. The summed E-state index contributed by atoms with van der Waals surface area (Å²) < 4.78 is 33.8. The second-order valence-electron chi connectivity index (χ2n) is 6.75. The number of methoxy groups -OCH3 is 1. The Bertz CT molecular complexity index is 826. The van der Waals surface area contributed by atoms with Crippen LogP contribution in [0.3, 0.4) is 0 Å². The summed E-state index contributed by atoms with van der Waals surface area (Å²) in [6, 6.07) is 13.0. The Kier molecular flexibility index (Phi) is 5.35. The maximum Gasteiger partial charge on any atom is 0.241 e. The zero-order valence-corrected chi connectivity index (χ0v) is 15.7. The van der Waals surface area contributed by atoms with E-state index in [4.69, 9.17) is 4.74 Å². The van der Waals surface area contributed by atoms with E-state index in [-0.39, 0.29) is 0 Å². The average Bonchev–Trinajstić information content (AvgIpc) is 2.45. The van der Waals surface area contributed by atoms with E-state index in [2.05, 4.69) is 4.72 Å². The molecule has 0 aliphatic heterocycles. The molecule has 2 aromatic rings. The second kappa shape index (κ2) is 6.95. The molecule has 2 aromatic carbocycles. The molecule has 2 rings (SSSR count). The minimum Gasteiger partial charge on any atom is -0.496 e. The number of nitrogens with one attached hydrogen (secondary N) is 1. The largest absolute Gasteiger partial charge is 0.496 e. The molecule has 0 unspecified atom stereocenters. The molecule has 1 N–H and O–H groups in total. The van der Waals surface area contributed by atoms with Gasteiger partial charge in [0.25, 0.3) is 0 Å². The van der Waals surface area contributed by atoms with Crippen LogP contribution in [-0.4, -0.2) is 21.1 Å². The van der Waals surface area contributed by atoms with E-state index >= 15 is 0 Å². The molecule has 0 saturated heterocycles. The van der Waals surface area contributed by atoms with Gasteiger partial charge in [0.15, 0.2) is 0 Å². The Morgan fingerprint density at radius 2 is 1.75 bits per heavy atom. The fraction of sp³-hybridized carbons (Fsp3) is 0.368. The first kappa shape index (κ1) is 18.5. The van der Waals surface area contributed by atoms with E-state index in [0.717, 1.165) is 22.4 Å². The summed E-state index contributed by atoms with van der Waals surface area (Å²) in [6.07, 6.45) is 0.529. The topological polar surface area (TPSA) is 55.4 Å². The van der Waals surface area contributed by atoms with Crippen molar-refractivity contribution in [2.75, 3.05) is 7.11 Å². The van der Waals surface area contributed by atoms with Crippen molar-refractivity contribution < 1.29 is 13.2 Å². The molecule has 0 bridgehead atoms. The van der Waals surface area contributed by atoms with Gasteiger partial charge in [-0.1, -0.05) is 35.9 Å². The van der Waals surface area contributed by atoms with E-state index < -0.39 is 15.6 Å². The number of hydrogen-bond donors (Lipinski definition) is 1. The molecule has 130 valence electrons. The molecular formula is C19H25NO3S. The van der Waals surface area contributed by atoms with Crippen LogP contribution in [0.5, 0.6) is 5.75 Å². The van der Waals surface area contributed by atoms with E-state index in [1.54, 1.807) is 13.2 Å². The summed E-state index contributed by atoms with van der Waals surface area (Å²) in [5.41, 5.74) is 2.11. The van der Waals surface area contributed by atoms with Crippen molar-refractivity contribution in [2.45, 2.75) is 44.6 Å². The average molecular weight is 347 g/mol. The van der Waals surface area contributed by atoms with Gasteiger partial charge in [0.2, 0.25) is 10.0 Å². The third-order valence-electron chi connectivity index (χ3n) is 3.86. The predicted octanol–water partition coefficient (Wildman–Crippen LogP) is 3.61. The molecule has 0 aliphatic rings. The van der Waals surface area contributed by atoms with E-state index in [9.17, 15) is 8.42 Å². The van der Waals surface area contributed by atoms with Gasteiger partial charge in [-0.25, -0.2) is 13.1 Å². The van der Waals surface area contributed by atoms with Crippen molar-refractivity contribution in [3.05, 3.63) is 59.2 Å². The fourth-order valence-corrected chi connectivity index (χ4v) is 4.52. The van der Waals surface area contributed by atoms with Crippen LogP contribution >= 0.6 is 0 Å². The fourth-order valence-electron chi connectivity index (χ4n) is 2.88. The molecule has 0 radical (unpaired) electrons. The molecule has 4 nitrogen and oxygen atoms in total. The van der Waals surface area contributed by atoms with Crippen molar-refractivity contribution in [2.24, 2.45) is 0 Å². The lowest BCUT2D eigenvalue weighted by Crippen LogP contribution is -2.45. The third-order valence-corrected chi connectivity index (χ3v) is 5.71. The van der Waals surface area contributed by atoms with Crippen molar-refractivity contribution >= 4 is 10.0 Å². The number of hydrogen-bond acceptors (Lipinski definition) is 3. The van der Waals surface area contributed by atoms with Gasteiger partial charge in [0, 0.05) is 5.54 Å². The monoisotopic (exact) mass is 347 g/mol. The van der Waals surface area contributed by atoms with Crippen LogP contribution in [0.4, 0.5) is 0 Å². The SMILES string of the molecule is COc1ccccc1CC(C)(C)NS(=O)(=O)c1ccc(C)cc1C. The van der Waals surface area contributed by atoms with Crippen LogP contribution in [0.1, 0.15) is 30.5 Å². The van der Waals surface area contributed by atoms with Gasteiger partial charge in [0.05, 0.1) is 12.0 Å². The Morgan fingerprint density at radius 3 is 2.38 bits per heavy atom. The van der Waals surface area contributed by atoms with Crippen LogP contribution in [0.25, 0.3) is 0 Å². The van der Waals surface area contributed by atoms with Crippen LogP contribution < -0.4 is 9.46 Å². The number of sulfonamides is 1. The Labute approximate surface area is 144 Å². The zero-order valence-electron chi connectivity index (χ0n) is 14.9. The lowest BCUT2D eigenvalue weighted by atomic mass is 9.96. The van der Waals surface area contributed by atoms with Crippen molar-refractivity contribution in [1.29, 1.82) is 0 Å². The minimum absolute atomic E-state index is 0.321. The van der Waals surface area contributed by atoms with Gasteiger partial charge < -0.3 is 4.74 Å². The quantitative estimate of drug-likeness (QED) is 0.868. The molecule has 0 fully saturated rings. The van der Waals surface area contributed by atoms with Crippen LogP contribution in [0, 0.1) is 13.8 Å². The Morgan fingerprint density at radius 1 is 1.08 bits per heavy atom. The number of rotatable bonds is 6. The van der Waals surface area contributed by atoms with E-state index in [1.165, 1.54) is 0 Å². The normalized spacial score (nSPS) is 12.2. The lowest BCUT2D eigenvalue weighted by molar-refractivity contribution is 0.395. The molecule has 0 aromatic heterocycles. The molecule has 0 amide bonds. The van der Waals surface area contributed by atoms with Crippen molar-refractivity contribution in [1.82, 2.24) is 4.72 Å². The summed E-state index contributed by atoms with van der Waals surface area (Å²) in [5, 5.41) is 0. The van der Waals surface area contributed by atoms with Gasteiger partial charge in [-0.2, -0.15) is 0 Å². The number of ether oxygens (including phenoxy) is 1.